The maximum Gasteiger partial charge on any atom is 0.333 e. The van der Waals surface area contributed by atoms with E-state index in [1.165, 1.54) is 21.3 Å². The van der Waals surface area contributed by atoms with Crippen molar-refractivity contribution < 1.29 is 19.0 Å². The van der Waals surface area contributed by atoms with Gasteiger partial charge in [-0.25, -0.2) is 4.79 Å². The van der Waals surface area contributed by atoms with Crippen LogP contribution in [0.25, 0.3) is 0 Å². The molecule has 0 fully saturated rings. The molecular weight excluding hydrogens is 184 g/mol. The summed E-state index contributed by atoms with van der Waals surface area (Å²) in [6, 6.07) is 0. The van der Waals surface area contributed by atoms with E-state index in [1.807, 2.05) is 6.92 Å². The summed E-state index contributed by atoms with van der Waals surface area (Å²) >= 11 is 0. The SMILES string of the molecule is CCC(/C=C(\C)C(=O)OC)(OC)OC. The zero-order valence-corrected chi connectivity index (χ0v) is 9.42. The Labute approximate surface area is 84.8 Å². The first-order valence-electron chi connectivity index (χ1n) is 4.43. The van der Waals surface area contributed by atoms with Crippen molar-refractivity contribution in [1.82, 2.24) is 0 Å². The van der Waals surface area contributed by atoms with Gasteiger partial charge in [0.15, 0.2) is 5.79 Å². The third-order valence-electron chi connectivity index (χ3n) is 2.13. The summed E-state index contributed by atoms with van der Waals surface area (Å²) in [5, 5.41) is 0. The lowest BCUT2D eigenvalue weighted by Gasteiger charge is -2.26. The highest BCUT2D eigenvalue weighted by Gasteiger charge is 2.25. The van der Waals surface area contributed by atoms with E-state index in [9.17, 15) is 4.79 Å². The van der Waals surface area contributed by atoms with Crippen molar-refractivity contribution in [3.8, 4) is 0 Å². The Morgan fingerprint density at radius 1 is 1.29 bits per heavy atom. The van der Waals surface area contributed by atoms with Crippen molar-refractivity contribution in [1.29, 1.82) is 0 Å². The van der Waals surface area contributed by atoms with E-state index in [0.29, 0.717) is 12.0 Å². The normalized spacial score (nSPS) is 12.8. The van der Waals surface area contributed by atoms with Gasteiger partial charge < -0.3 is 14.2 Å². The second-order valence-electron chi connectivity index (χ2n) is 2.89. The molecule has 14 heavy (non-hydrogen) atoms. The van der Waals surface area contributed by atoms with E-state index in [4.69, 9.17) is 9.47 Å². The van der Waals surface area contributed by atoms with Crippen LogP contribution in [-0.4, -0.2) is 33.1 Å². The van der Waals surface area contributed by atoms with Crippen LogP contribution in [0.2, 0.25) is 0 Å². The maximum atomic E-state index is 11.1. The van der Waals surface area contributed by atoms with Gasteiger partial charge in [0.2, 0.25) is 0 Å². The quantitative estimate of drug-likeness (QED) is 0.385. The van der Waals surface area contributed by atoms with Crippen LogP contribution in [0.5, 0.6) is 0 Å². The number of carbonyl (C=O) groups is 1. The minimum absolute atomic E-state index is 0.378. The van der Waals surface area contributed by atoms with Gasteiger partial charge in [0.25, 0.3) is 0 Å². The fraction of sp³-hybridized carbons (Fsp3) is 0.700. The van der Waals surface area contributed by atoms with Gasteiger partial charge in [-0.2, -0.15) is 0 Å². The van der Waals surface area contributed by atoms with Crippen LogP contribution in [0.4, 0.5) is 0 Å². The Kier molecular flexibility index (Phi) is 5.42. The predicted molar refractivity (Wildman–Crippen MR) is 52.8 cm³/mol. The lowest BCUT2D eigenvalue weighted by atomic mass is 10.1. The summed E-state index contributed by atoms with van der Waals surface area (Å²) in [7, 11) is 4.41. The summed E-state index contributed by atoms with van der Waals surface area (Å²) in [5.74, 6) is -1.21. The Morgan fingerprint density at radius 3 is 2.07 bits per heavy atom. The predicted octanol–water partition coefficient (Wildman–Crippen LogP) is 1.50. The summed E-state index contributed by atoms with van der Waals surface area (Å²) in [5.41, 5.74) is 0.470. The molecule has 4 nitrogen and oxygen atoms in total. The van der Waals surface area contributed by atoms with Gasteiger partial charge in [0.05, 0.1) is 7.11 Å². The van der Waals surface area contributed by atoms with Crippen molar-refractivity contribution in [2.24, 2.45) is 0 Å². The molecule has 4 heteroatoms. The third-order valence-corrected chi connectivity index (χ3v) is 2.13. The average Bonchev–Trinajstić information content (AvgIpc) is 2.24. The zero-order valence-electron chi connectivity index (χ0n) is 9.42. The molecular formula is C10H18O4. The van der Waals surface area contributed by atoms with Crippen molar-refractivity contribution in [3.63, 3.8) is 0 Å². The number of esters is 1. The maximum absolute atomic E-state index is 11.1. The van der Waals surface area contributed by atoms with Crippen LogP contribution >= 0.6 is 0 Å². The number of rotatable bonds is 5. The van der Waals surface area contributed by atoms with Crippen LogP contribution in [0.1, 0.15) is 20.3 Å². The van der Waals surface area contributed by atoms with Gasteiger partial charge in [-0.15, -0.1) is 0 Å². The first-order valence-corrected chi connectivity index (χ1v) is 4.43. The van der Waals surface area contributed by atoms with E-state index < -0.39 is 5.79 Å². The minimum atomic E-state index is -0.835. The van der Waals surface area contributed by atoms with Gasteiger partial charge in [-0.05, 0) is 13.0 Å². The second kappa shape index (κ2) is 5.78. The smallest absolute Gasteiger partial charge is 0.333 e. The van der Waals surface area contributed by atoms with E-state index in [2.05, 4.69) is 4.74 Å². The Balaban J connectivity index is 4.79. The highest BCUT2D eigenvalue weighted by Crippen LogP contribution is 2.19. The first-order chi connectivity index (χ1) is 6.55. The Bertz CT molecular complexity index is 208. The molecule has 82 valence electrons. The Morgan fingerprint density at radius 2 is 1.79 bits per heavy atom. The summed E-state index contributed by atoms with van der Waals surface area (Å²) < 4.78 is 15.0. The van der Waals surface area contributed by atoms with Crippen LogP contribution in [0.3, 0.4) is 0 Å². The molecule has 0 amide bonds. The lowest BCUT2D eigenvalue weighted by molar-refractivity contribution is -0.172. The molecule has 0 saturated carbocycles. The highest BCUT2D eigenvalue weighted by atomic mass is 16.7. The number of hydrogen-bond donors (Lipinski definition) is 0. The highest BCUT2D eigenvalue weighted by molar-refractivity contribution is 5.87. The van der Waals surface area contributed by atoms with Gasteiger partial charge in [0, 0.05) is 26.2 Å². The molecule has 0 N–H and O–H groups in total. The van der Waals surface area contributed by atoms with Crippen LogP contribution < -0.4 is 0 Å². The molecule has 0 heterocycles. The third kappa shape index (κ3) is 3.12. The van der Waals surface area contributed by atoms with Crippen LogP contribution in [0.15, 0.2) is 11.6 Å². The second-order valence-corrected chi connectivity index (χ2v) is 2.89. The molecule has 0 aliphatic rings. The summed E-state index contributed by atoms with van der Waals surface area (Å²) in [6.07, 6.45) is 2.24. The number of hydrogen-bond acceptors (Lipinski definition) is 4. The van der Waals surface area contributed by atoms with Crippen LogP contribution in [-0.2, 0) is 19.0 Å². The molecule has 0 aromatic heterocycles. The first kappa shape index (κ1) is 13.1. The van der Waals surface area contributed by atoms with Crippen molar-refractivity contribution >= 4 is 5.97 Å². The summed E-state index contributed by atoms with van der Waals surface area (Å²) in [4.78, 5) is 11.1. The summed E-state index contributed by atoms with van der Waals surface area (Å²) in [6.45, 7) is 3.57. The minimum Gasteiger partial charge on any atom is -0.466 e. The molecule has 0 aliphatic heterocycles. The molecule has 0 rings (SSSR count). The number of carbonyl (C=O) groups excluding carboxylic acids is 1. The van der Waals surface area contributed by atoms with E-state index >= 15 is 0 Å². The standard InChI is InChI=1S/C10H18O4/c1-6-10(13-4,14-5)7-8(2)9(11)12-3/h7H,6H2,1-5H3/b8-7+. The van der Waals surface area contributed by atoms with E-state index in [-0.39, 0.29) is 5.97 Å². The van der Waals surface area contributed by atoms with Crippen LogP contribution in [0, 0.1) is 0 Å². The van der Waals surface area contributed by atoms with Crippen molar-refractivity contribution in [2.75, 3.05) is 21.3 Å². The molecule has 0 radical (unpaired) electrons. The van der Waals surface area contributed by atoms with E-state index in [0.717, 1.165) is 0 Å². The van der Waals surface area contributed by atoms with Gasteiger partial charge in [0.1, 0.15) is 0 Å². The lowest BCUT2D eigenvalue weighted by Crippen LogP contribution is -2.31. The Hall–Kier alpha value is -0.870. The zero-order chi connectivity index (χ0) is 11.2. The van der Waals surface area contributed by atoms with Gasteiger partial charge >= 0.3 is 5.97 Å². The monoisotopic (exact) mass is 202 g/mol. The van der Waals surface area contributed by atoms with Crippen molar-refractivity contribution in [3.05, 3.63) is 11.6 Å². The van der Waals surface area contributed by atoms with Gasteiger partial charge in [-0.3, -0.25) is 0 Å². The largest absolute Gasteiger partial charge is 0.466 e. The molecule has 0 aliphatic carbocycles. The molecule has 0 aromatic carbocycles. The number of ether oxygens (including phenoxy) is 3. The fourth-order valence-electron chi connectivity index (χ4n) is 1.14. The number of methoxy groups -OCH3 is 3. The fourth-order valence-corrected chi connectivity index (χ4v) is 1.14. The topological polar surface area (TPSA) is 44.8 Å². The molecule has 0 unspecified atom stereocenters. The molecule has 0 saturated heterocycles. The molecule has 0 spiro atoms. The molecule has 0 bridgehead atoms. The van der Waals surface area contributed by atoms with Crippen molar-refractivity contribution in [2.45, 2.75) is 26.1 Å². The van der Waals surface area contributed by atoms with E-state index in [1.54, 1.807) is 13.0 Å². The van der Waals surface area contributed by atoms with Gasteiger partial charge in [-0.1, -0.05) is 6.92 Å². The molecule has 0 aromatic rings. The average molecular weight is 202 g/mol. The molecule has 0 atom stereocenters.